The second-order valence-corrected chi connectivity index (χ2v) is 11.6. The number of allylic oxidation sites excluding steroid dienone is 1. The maximum absolute atomic E-state index is 14.8. The number of nitrogens with one attached hydrogen (secondary N) is 1. The molecule has 6 rings (SSSR count). The molecule has 6 aromatic rings. The number of hydrogen-bond donors (Lipinski definition) is 1. The third kappa shape index (κ3) is 6.60. The first kappa shape index (κ1) is 32.7. The molecule has 3 heterocycles. The van der Waals surface area contributed by atoms with Crippen molar-refractivity contribution in [3.8, 4) is 0 Å². The molecule has 0 fully saturated rings. The minimum Gasteiger partial charge on any atom is -0.324 e. The smallest absolute Gasteiger partial charge is 0.324 e. The van der Waals surface area contributed by atoms with Crippen LogP contribution in [0.2, 0.25) is 15.1 Å². The minimum atomic E-state index is -1.43. The lowest BCUT2D eigenvalue weighted by molar-refractivity contribution is 0.0949. The van der Waals surface area contributed by atoms with Crippen LogP contribution in [-0.4, -0.2) is 44.8 Å². The number of carbonyl (C=O) groups excluding carboxylic acids is 1. The SMILES string of the molecule is Cn1cc2cc(Nc3nc(=O)n(Cc4cnnn4C(=O)/C=C/c4ccc(Cl)c(Cl)c4)c(=O)n3Cc3cc(F)c(F)cc3F)c(Cl)cc2n1. The maximum Gasteiger partial charge on any atom is 0.355 e. The Morgan fingerprint density at radius 2 is 1.69 bits per heavy atom. The standard InChI is InChI=1S/C30H19Cl3F3N9O3/c1-42-12-17-8-26(21(33)9-25(17)40-42)38-28-39-29(47)44(30(48)43(28)13-16-7-23(35)24(36)10-22(16)34)14-18-11-37-41-45(18)27(46)5-3-15-2-4-19(31)20(32)6-15/h2-12H,13-14H2,1H3,(H,38,39,47)/b5-3+. The van der Waals surface area contributed by atoms with E-state index in [0.29, 0.717) is 38.2 Å². The topological polar surface area (TPSA) is 135 Å². The van der Waals surface area contributed by atoms with Crippen molar-refractivity contribution in [2.75, 3.05) is 5.32 Å². The van der Waals surface area contributed by atoms with Gasteiger partial charge in [0.05, 0.1) is 51.3 Å². The molecule has 1 N–H and O–H groups in total. The van der Waals surface area contributed by atoms with Crippen molar-refractivity contribution in [2.45, 2.75) is 13.1 Å². The lowest BCUT2D eigenvalue weighted by Crippen LogP contribution is -2.43. The molecule has 0 amide bonds. The van der Waals surface area contributed by atoms with Gasteiger partial charge in [0.15, 0.2) is 11.6 Å². The molecule has 18 heteroatoms. The molecule has 48 heavy (non-hydrogen) atoms. The highest BCUT2D eigenvalue weighted by Crippen LogP contribution is 2.29. The van der Waals surface area contributed by atoms with Gasteiger partial charge < -0.3 is 5.32 Å². The van der Waals surface area contributed by atoms with Crippen LogP contribution in [0.25, 0.3) is 17.0 Å². The van der Waals surface area contributed by atoms with Crippen LogP contribution in [-0.2, 0) is 20.1 Å². The summed E-state index contributed by atoms with van der Waals surface area (Å²) >= 11 is 18.4. The second kappa shape index (κ2) is 13.1. The van der Waals surface area contributed by atoms with Gasteiger partial charge in [-0.15, -0.1) is 5.10 Å². The molecule has 0 saturated heterocycles. The predicted molar refractivity (Wildman–Crippen MR) is 172 cm³/mol. The van der Waals surface area contributed by atoms with Gasteiger partial charge in [0.2, 0.25) is 5.95 Å². The highest BCUT2D eigenvalue weighted by molar-refractivity contribution is 6.42. The number of benzene rings is 3. The molecule has 0 bridgehead atoms. The summed E-state index contributed by atoms with van der Waals surface area (Å²) in [6.45, 7) is -1.24. The highest BCUT2D eigenvalue weighted by atomic mass is 35.5. The fourth-order valence-corrected chi connectivity index (χ4v) is 5.22. The molecule has 0 aliphatic carbocycles. The average molecular weight is 717 g/mol. The second-order valence-electron chi connectivity index (χ2n) is 10.3. The molecule has 0 saturated carbocycles. The van der Waals surface area contributed by atoms with Crippen LogP contribution < -0.4 is 16.7 Å². The fraction of sp³-hybridized carbons (Fsp3) is 0.100. The van der Waals surface area contributed by atoms with Gasteiger partial charge in [0.25, 0.3) is 5.91 Å². The van der Waals surface area contributed by atoms with E-state index in [0.717, 1.165) is 15.4 Å². The van der Waals surface area contributed by atoms with E-state index in [2.05, 4.69) is 25.7 Å². The van der Waals surface area contributed by atoms with Crippen molar-refractivity contribution in [3.63, 3.8) is 0 Å². The zero-order valence-electron chi connectivity index (χ0n) is 24.3. The van der Waals surface area contributed by atoms with Gasteiger partial charge in [-0.2, -0.15) is 14.8 Å². The molecule has 0 radical (unpaired) electrons. The van der Waals surface area contributed by atoms with Gasteiger partial charge in [0.1, 0.15) is 5.82 Å². The van der Waals surface area contributed by atoms with Crippen LogP contribution in [0.5, 0.6) is 0 Å². The number of carbonyl (C=O) groups is 1. The third-order valence-corrected chi connectivity index (χ3v) is 8.08. The van der Waals surface area contributed by atoms with Crippen LogP contribution in [0.3, 0.4) is 0 Å². The summed E-state index contributed by atoms with van der Waals surface area (Å²) in [7, 11) is 1.71. The number of halogens is 6. The first-order valence-corrected chi connectivity index (χ1v) is 14.8. The van der Waals surface area contributed by atoms with Crippen molar-refractivity contribution in [1.82, 2.24) is 38.9 Å². The average Bonchev–Trinajstić information content (AvgIpc) is 3.65. The molecular weight excluding hydrogens is 698 g/mol. The van der Waals surface area contributed by atoms with Crippen molar-refractivity contribution in [1.29, 1.82) is 0 Å². The van der Waals surface area contributed by atoms with Crippen LogP contribution in [0.15, 0.2) is 70.5 Å². The number of rotatable bonds is 8. The summed E-state index contributed by atoms with van der Waals surface area (Å²) in [4.78, 5) is 44.2. The van der Waals surface area contributed by atoms with Gasteiger partial charge in [-0.25, -0.2) is 27.3 Å². The lowest BCUT2D eigenvalue weighted by atomic mass is 10.2. The Kier molecular flexibility index (Phi) is 8.92. The van der Waals surface area contributed by atoms with Crippen molar-refractivity contribution in [3.05, 3.63) is 131 Å². The molecule has 244 valence electrons. The normalized spacial score (nSPS) is 11.6. The maximum atomic E-state index is 14.8. The minimum absolute atomic E-state index is 0.0103. The summed E-state index contributed by atoms with van der Waals surface area (Å²) in [5.41, 5.74) is -1.21. The molecular formula is C30H19Cl3F3N9O3. The zero-order valence-corrected chi connectivity index (χ0v) is 26.6. The number of hydrogen-bond acceptors (Lipinski definition) is 8. The summed E-state index contributed by atoms with van der Waals surface area (Å²) in [5, 5.41) is 16.0. The Morgan fingerprint density at radius 3 is 2.46 bits per heavy atom. The van der Waals surface area contributed by atoms with Crippen LogP contribution in [0.1, 0.15) is 21.6 Å². The quantitative estimate of drug-likeness (QED) is 0.162. The summed E-state index contributed by atoms with van der Waals surface area (Å²) in [6.07, 6.45) is 5.47. The predicted octanol–water partition coefficient (Wildman–Crippen LogP) is 5.45. The van der Waals surface area contributed by atoms with Crippen LogP contribution in [0.4, 0.5) is 24.8 Å². The molecule has 0 unspecified atom stereocenters. The number of aryl methyl sites for hydroxylation is 1. The molecule has 0 aliphatic rings. The van der Waals surface area contributed by atoms with Crippen molar-refractivity contribution >= 4 is 69.3 Å². The van der Waals surface area contributed by atoms with Gasteiger partial charge in [-0.05, 0) is 42.0 Å². The molecule has 0 spiro atoms. The molecule has 12 nitrogen and oxygen atoms in total. The van der Waals surface area contributed by atoms with Gasteiger partial charge in [-0.1, -0.05) is 46.1 Å². The molecule has 3 aromatic heterocycles. The van der Waals surface area contributed by atoms with Gasteiger partial charge in [-0.3, -0.25) is 14.0 Å². The lowest BCUT2D eigenvalue weighted by Gasteiger charge is -2.17. The van der Waals surface area contributed by atoms with Gasteiger partial charge in [0, 0.05) is 36.3 Å². The Morgan fingerprint density at radius 1 is 0.917 bits per heavy atom. The third-order valence-electron chi connectivity index (χ3n) is 7.03. The number of fused-ring (bicyclic) bond motifs is 1. The Hall–Kier alpha value is -5.25. The number of anilines is 2. The number of aromatic nitrogens is 8. The van der Waals surface area contributed by atoms with E-state index in [4.69, 9.17) is 34.8 Å². The van der Waals surface area contributed by atoms with E-state index < -0.39 is 53.4 Å². The van der Waals surface area contributed by atoms with Crippen LogP contribution >= 0.6 is 34.8 Å². The monoisotopic (exact) mass is 715 g/mol. The van der Waals surface area contributed by atoms with Crippen molar-refractivity contribution in [2.24, 2.45) is 7.05 Å². The van der Waals surface area contributed by atoms with E-state index >= 15 is 0 Å². The largest absolute Gasteiger partial charge is 0.355 e. The first-order chi connectivity index (χ1) is 22.9. The van der Waals surface area contributed by atoms with E-state index in [1.165, 1.54) is 18.2 Å². The number of nitrogens with zero attached hydrogens (tertiary/aromatic N) is 8. The first-order valence-electron chi connectivity index (χ1n) is 13.7. The van der Waals surface area contributed by atoms with E-state index in [1.54, 1.807) is 42.2 Å². The zero-order chi connectivity index (χ0) is 34.3. The Labute approximate surface area is 282 Å². The summed E-state index contributed by atoms with van der Waals surface area (Å²) in [6, 6.07) is 8.77. The van der Waals surface area contributed by atoms with Crippen molar-refractivity contribution < 1.29 is 18.0 Å². The fourth-order valence-electron chi connectivity index (χ4n) is 4.71. The summed E-state index contributed by atoms with van der Waals surface area (Å²) < 4.78 is 46.5. The Balaban J connectivity index is 1.39. The summed E-state index contributed by atoms with van der Waals surface area (Å²) in [5.74, 6) is -5.01. The van der Waals surface area contributed by atoms with Crippen LogP contribution in [0, 0.1) is 17.5 Å². The Bertz CT molecular complexity index is 2400. The van der Waals surface area contributed by atoms with E-state index in [9.17, 15) is 27.6 Å². The molecule has 0 aliphatic heterocycles. The highest BCUT2D eigenvalue weighted by Gasteiger charge is 2.20. The van der Waals surface area contributed by atoms with Gasteiger partial charge >= 0.3 is 11.4 Å². The van der Waals surface area contributed by atoms with E-state index in [-0.39, 0.29) is 27.4 Å². The molecule has 3 aromatic carbocycles. The van der Waals surface area contributed by atoms with E-state index in [1.807, 2.05) is 0 Å². The molecule has 0 atom stereocenters.